The zero-order valence-electron chi connectivity index (χ0n) is 21.3. The number of hydrogen-bond donors (Lipinski definition) is 4. The number of ether oxygens (including phenoxy) is 1. The van der Waals surface area contributed by atoms with E-state index in [1.807, 2.05) is 37.3 Å². The van der Waals surface area contributed by atoms with Gasteiger partial charge >= 0.3 is 5.97 Å². The number of amidine groups is 1. The van der Waals surface area contributed by atoms with E-state index in [4.69, 9.17) is 15.9 Å². The fraction of sp³-hybridized carbons (Fsp3) is 0.321. The van der Waals surface area contributed by atoms with Crippen LogP contribution in [0.4, 0.5) is 5.69 Å². The fourth-order valence-corrected chi connectivity index (χ4v) is 4.34. The Morgan fingerprint density at radius 2 is 1.89 bits per heavy atom. The van der Waals surface area contributed by atoms with Crippen LogP contribution in [0.1, 0.15) is 54.7 Å². The Hall–Kier alpha value is -4.47. The van der Waals surface area contributed by atoms with Gasteiger partial charge in [0.05, 0.1) is 6.20 Å². The number of hydrogen-bond acceptors (Lipinski definition) is 7. The van der Waals surface area contributed by atoms with Crippen molar-refractivity contribution in [3.8, 4) is 0 Å². The van der Waals surface area contributed by atoms with Gasteiger partial charge < -0.3 is 21.1 Å². The minimum atomic E-state index is -0.647. The number of aryl methyl sites for hydroxylation is 1. The van der Waals surface area contributed by atoms with Crippen LogP contribution in [0.15, 0.2) is 65.6 Å². The highest BCUT2D eigenvalue weighted by atomic mass is 16.5. The molecule has 0 spiro atoms. The van der Waals surface area contributed by atoms with Crippen LogP contribution in [-0.4, -0.2) is 33.3 Å². The molecule has 10 nitrogen and oxygen atoms in total. The molecule has 2 aromatic carbocycles. The molecule has 0 radical (unpaired) electrons. The van der Waals surface area contributed by atoms with Crippen molar-refractivity contribution < 1.29 is 14.3 Å². The molecular formula is C28H32N6O4. The number of fused-ring (bicyclic) bond motifs is 1. The number of esters is 1. The highest BCUT2D eigenvalue weighted by Crippen LogP contribution is 2.23. The average molecular weight is 517 g/mol. The van der Waals surface area contributed by atoms with Crippen LogP contribution >= 0.6 is 0 Å². The third kappa shape index (κ3) is 6.64. The molecule has 1 amide bonds. The molecule has 0 fully saturated rings. The predicted octanol–water partition coefficient (Wildman–Crippen LogP) is 2.66. The van der Waals surface area contributed by atoms with Crippen LogP contribution in [-0.2, 0) is 33.9 Å². The number of carbonyl (C=O) groups is 2. The summed E-state index contributed by atoms with van der Waals surface area (Å²) in [6, 6.07) is 15.7. The van der Waals surface area contributed by atoms with Crippen molar-refractivity contribution in [1.82, 2.24) is 14.9 Å². The number of nitrogens with one attached hydrogen (secondary N) is 3. The van der Waals surface area contributed by atoms with Gasteiger partial charge in [0.15, 0.2) is 0 Å². The van der Waals surface area contributed by atoms with Crippen LogP contribution in [0.5, 0.6) is 0 Å². The van der Waals surface area contributed by atoms with Gasteiger partial charge in [-0.25, -0.2) is 4.98 Å². The lowest BCUT2D eigenvalue weighted by Gasteiger charge is -2.18. The SMILES string of the molecule is C[C@@H](CCC(=O)OCc1ccccc1)Nc1cnc2n(c1=O)C(C(=O)NCc1ccc(C(=N)N)cc1)CC2. The number of benzene rings is 2. The number of nitrogen functional groups attached to an aromatic ring is 1. The van der Waals surface area contributed by atoms with Crippen molar-refractivity contribution >= 4 is 23.4 Å². The van der Waals surface area contributed by atoms with Gasteiger partial charge in [-0.2, -0.15) is 0 Å². The number of rotatable bonds is 11. The molecule has 38 heavy (non-hydrogen) atoms. The van der Waals surface area contributed by atoms with E-state index in [0.29, 0.717) is 42.9 Å². The van der Waals surface area contributed by atoms with Crippen molar-refractivity contribution in [3.05, 3.63) is 93.7 Å². The molecule has 4 rings (SSSR count). The van der Waals surface area contributed by atoms with E-state index in [1.165, 1.54) is 10.8 Å². The minimum absolute atomic E-state index is 0.0169. The van der Waals surface area contributed by atoms with Crippen molar-refractivity contribution in [2.45, 2.75) is 57.8 Å². The van der Waals surface area contributed by atoms with E-state index in [0.717, 1.165) is 11.1 Å². The topological polar surface area (TPSA) is 152 Å². The fourth-order valence-electron chi connectivity index (χ4n) is 4.34. The summed E-state index contributed by atoms with van der Waals surface area (Å²) in [5, 5.41) is 13.5. The number of nitrogens with zero attached hydrogens (tertiary/aromatic N) is 2. The molecule has 1 aromatic heterocycles. The second-order valence-corrected chi connectivity index (χ2v) is 9.38. The Balaban J connectivity index is 1.31. The van der Waals surface area contributed by atoms with E-state index < -0.39 is 6.04 Å². The van der Waals surface area contributed by atoms with Crippen LogP contribution in [0.2, 0.25) is 0 Å². The first-order valence-corrected chi connectivity index (χ1v) is 12.6. The summed E-state index contributed by atoms with van der Waals surface area (Å²) < 4.78 is 6.78. The zero-order chi connectivity index (χ0) is 27.1. The molecule has 2 heterocycles. The summed E-state index contributed by atoms with van der Waals surface area (Å²) >= 11 is 0. The summed E-state index contributed by atoms with van der Waals surface area (Å²) in [4.78, 5) is 42.7. The Morgan fingerprint density at radius 3 is 2.61 bits per heavy atom. The molecule has 0 aliphatic carbocycles. The average Bonchev–Trinajstić information content (AvgIpc) is 3.37. The number of anilines is 1. The van der Waals surface area contributed by atoms with Crippen molar-refractivity contribution in [1.29, 1.82) is 5.41 Å². The molecule has 0 bridgehead atoms. The van der Waals surface area contributed by atoms with Gasteiger partial charge in [0.25, 0.3) is 5.56 Å². The normalized spacial score (nSPS) is 14.8. The van der Waals surface area contributed by atoms with Crippen molar-refractivity contribution in [2.24, 2.45) is 5.73 Å². The molecule has 1 aliphatic rings. The zero-order valence-corrected chi connectivity index (χ0v) is 21.3. The molecular weight excluding hydrogens is 484 g/mol. The first-order chi connectivity index (χ1) is 18.3. The Morgan fingerprint density at radius 1 is 1.16 bits per heavy atom. The standard InChI is InChI=1S/C28H32N6O4/c1-18(7-14-25(35)38-17-20-5-3-2-4-6-20)33-22-16-31-24-13-12-23(34(24)28(22)37)27(36)32-15-19-8-10-21(11-9-19)26(29)30/h2-6,8-11,16,18,23,33H,7,12-15,17H2,1H3,(H3,29,30)(H,32,36)/t18-,23?/m0/s1. The second kappa shape index (κ2) is 12.2. The maximum absolute atomic E-state index is 13.2. The van der Waals surface area contributed by atoms with E-state index in [9.17, 15) is 14.4 Å². The van der Waals surface area contributed by atoms with Gasteiger partial charge in [0.2, 0.25) is 5.91 Å². The van der Waals surface area contributed by atoms with Crippen LogP contribution < -0.4 is 21.9 Å². The van der Waals surface area contributed by atoms with Crippen molar-refractivity contribution in [2.75, 3.05) is 5.32 Å². The summed E-state index contributed by atoms with van der Waals surface area (Å²) in [5.74, 6) is -0.00553. The van der Waals surface area contributed by atoms with Gasteiger partial charge in [0.1, 0.15) is 30.0 Å². The molecule has 5 N–H and O–H groups in total. The predicted molar refractivity (Wildman–Crippen MR) is 144 cm³/mol. The molecule has 1 unspecified atom stereocenters. The Kier molecular flexibility index (Phi) is 8.52. The van der Waals surface area contributed by atoms with Gasteiger partial charge in [-0.3, -0.25) is 24.4 Å². The molecule has 10 heteroatoms. The lowest BCUT2D eigenvalue weighted by molar-refractivity contribution is -0.145. The van der Waals surface area contributed by atoms with E-state index in [1.54, 1.807) is 24.3 Å². The van der Waals surface area contributed by atoms with E-state index in [2.05, 4.69) is 15.6 Å². The summed E-state index contributed by atoms with van der Waals surface area (Å²) in [6.07, 6.45) is 3.20. The third-order valence-corrected chi connectivity index (χ3v) is 6.48. The second-order valence-electron chi connectivity index (χ2n) is 9.38. The number of aromatic nitrogens is 2. The maximum Gasteiger partial charge on any atom is 0.306 e. The molecule has 1 aliphatic heterocycles. The number of amides is 1. The highest BCUT2D eigenvalue weighted by molar-refractivity contribution is 5.94. The Labute approximate surface area is 220 Å². The summed E-state index contributed by atoms with van der Waals surface area (Å²) in [5.41, 5.74) is 7.86. The largest absolute Gasteiger partial charge is 0.461 e. The molecule has 198 valence electrons. The van der Waals surface area contributed by atoms with E-state index in [-0.39, 0.29) is 42.3 Å². The summed E-state index contributed by atoms with van der Waals surface area (Å²) in [7, 11) is 0. The van der Waals surface area contributed by atoms with E-state index >= 15 is 0 Å². The number of carbonyl (C=O) groups excluding carboxylic acids is 2. The van der Waals surface area contributed by atoms with Crippen LogP contribution in [0, 0.1) is 5.41 Å². The molecule has 2 atom stereocenters. The minimum Gasteiger partial charge on any atom is -0.461 e. The third-order valence-electron chi connectivity index (χ3n) is 6.48. The first-order valence-electron chi connectivity index (χ1n) is 12.6. The van der Waals surface area contributed by atoms with Crippen LogP contribution in [0.25, 0.3) is 0 Å². The monoisotopic (exact) mass is 516 g/mol. The molecule has 0 saturated heterocycles. The van der Waals surface area contributed by atoms with Crippen molar-refractivity contribution in [3.63, 3.8) is 0 Å². The van der Waals surface area contributed by atoms with Crippen LogP contribution in [0.3, 0.4) is 0 Å². The Bertz CT molecular complexity index is 1350. The maximum atomic E-state index is 13.2. The lowest BCUT2D eigenvalue weighted by atomic mass is 10.1. The van der Waals surface area contributed by atoms with Gasteiger partial charge in [-0.15, -0.1) is 0 Å². The lowest BCUT2D eigenvalue weighted by Crippen LogP contribution is -2.37. The molecule has 0 saturated carbocycles. The molecule has 3 aromatic rings. The van der Waals surface area contributed by atoms with Gasteiger partial charge in [-0.05, 0) is 30.9 Å². The van der Waals surface area contributed by atoms with Gasteiger partial charge in [0, 0.05) is 31.0 Å². The quantitative estimate of drug-likeness (QED) is 0.174. The first kappa shape index (κ1) is 26.6. The smallest absolute Gasteiger partial charge is 0.306 e. The number of nitrogens with two attached hydrogens (primary N) is 1. The summed E-state index contributed by atoms with van der Waals surface area (Å²) in [6.45, 7) is 2.40. The highest BCUT2D eigenvalue weighted by Gasteiger charge is 2.31. The van der Waals surface area contributed by atoms with Gasteiger partial charge in [-0.1, -0.05) is 54.6 Å².